The highest BCUT2D eigenvalue weighted by atomic mass is 16.6. The number of aliphatic hydroxyl groups is 1. The first-order valence-corrected chi connectivity index (χ1v) is 9.80. The van der Waals surface area contributed by atoms with Crippen LogP contribution in [-0.2, 0) is 11.4 Å². The molecule has 0 aromatic heterocycles. The van der Waals surface area contributed by atoms with Crippen LogP contribution in [0.4, 0.5) is 0 Å². The van der Waals surface area contributed by atoms with Crippen molar-refractivity contribution in [2.24, 2.45) is 0 Å². The summed E-state index contributed by atoms with van der Waals surface area (Å²) < 4.78 is 17.3. The van der Waals surface area contributed by atoms with Gasteiger partial charge in [-0.25, -0.2) is 9.59 Å². The fourth-order valence-corrected chi connectivity index (χ4v) is 3.57. The van der Waals surface area contributed by atoms with E-state index in [1.165, 1.54) is 20.1 Å². The van der Waals surface area contributed by atoms with Crippen LogP contribution in [-0.4, -0.2) is 34.4 Å². The number of carboxylic acid groups (broad SMARTS) is 1. The normalized spacial score (nSPS) is 13.5. The summed E-state index contributed by atoms with van der Waals surface area (Å²) >= 11 is 0. The number of aromatic hydroxyl groups is 1. The minimum atomic E-state index is -1.22. The van der Waals surface area contributed by atoms with E-state index in [0.29, 0.717) is 16.9 Å². The maximum absolute atomic E-state index is 13.3. The largest absolute Gasteiger partial charge is 0.507 e. The molecule has 0 saturated heterocycles. The third-order valence-electron chi connectivity index (χ3n) is 5.40. The molecule has 0 bridgehead atoms. The Morgan fingerprint density at radius 1 is 1.09 bits per heavy atom. The van der Waals surface area contributed by atoms with Crippen LogP contribution in [0, 0.1) is 6.92 Å². The number of hydrogen-bond donors (Lipinski definition) is 3. The molecule has 8 heteroatoms. The molecule has 32 heavy (non-hydrogen) atoms. The van der Waals surface area contributed by atoms with E-state index in [-0.39, 0.29) is 45.3 Å². The summed E-state index contributed by atoms with van der Waals surface area (Å²) in [5.41, 5.74) is 2.12. The second-order valence-electron chi connectivity index (χ2n) is 7.32. The van der Waals surface area contributed by atoms with Crippen molar-refractivity contribution in [2.45, 2.75) is 34.3 Å². The van der Waals surface area contributed by atoms with Crippen LogP contribution in [0.15, 0.2) is 24.3 Å². The van der Waals surface area contributed by atoms with E-state index in [0.717, 1.165) is 11.6 Å². The van der Waals surface area contributed by atoms with Gasteiger partial charge in [0.2, 0.25) is 0 Å². The van der Waals surface area contributed by atoms with Crippen molar-refractivity contribution in [3.05, 3.63) is 52.1 Å². The first-order valence-electron chi connectivity index (χ1n) is 9.80. The van der Waals surface area contributed by atoms with Crippen molar-refractivity contribution < 1.29 is 39.1 Å². The summed E-state index contributed by atoms with van der Waals surface area (Å²) in [6.07, 6.45) is 2.75. The number of aliphatic hydroxyl groups excluding tert-OH is 1. The third kappa shape index (κ3) is 3.80. The molecule has 0 saturated carbocycles. The molecular formula is C24H24O8. The summed E-state index contributed by atoms with van der Waals surface area (Å²) in [6.45, 7) is 6.26. The number of allylic oxidation sites excluding steroid dienone is 3. The quantitative estimate of drug-likeness (QED) is 0.354. The molecule has 1 heterocycles. The summed E-state index contributed by atoms with van der Waals surface area (Å²) in [5.74, 6) is -1.64. The van der Waals surface area contributed by atoms with Gasteiger partial charge in [-0.1, -0.05) is 6.08 Å². The Morgan fingerprint density at radius 3 is 2.34 bits per heavy atom. The zero-order chi connectivity index (χ0) is 23.7. The average molecular weight is 440 g/mol. The van der Waals surface area contributed by atoms with Crippen LogP contribution >= 0.6 is 0 Å². The van der Waals surface area contributed by atoms with Gasteiger partial charge in [-0.15, -0.1) is 0 Å². The predicted octanol–water partition coefficient (Wildman–Crippen LogP) is 4.44. The number of methoxy groups -OCH3 is 1. The Kier molecular flexibility index (Phi) is 6.27. The van der Waals surface area contributed by atoms with E-state index in [4.69, 9.17) is 19.3 Å². The molecule has 0 radical (unpaired) electrons. The van der Waals surface area contributed by atoms with E-state index < -0.39 is 18.5 Å². The number of hydrogen-bond acceptors (Lipinski definition) is 7. The van der Waals surface area contributed by atoms with Gasteiger partial charge >= 0.3 is 11.9 Å². The number of phenols is 1. The van der Waals surface area contributed by atoms with Crippen LogP contribution in [0.2, 0.25) is 0 Å². The van der Waals surface area contributed by atoms with E-state index >= 15 is 0 Å². The number of ether oxygens (including phenoxy) is 3. The highest BCUT2D eigenvalue weighted by molar-refractivity contribution is 6.03. The summed E-state index contributed by atoms with van der Waals surface area (Å²) in [7, 11) is 1.50. The zero-order valence-electron chi connectivity index (χ0n) is 18.4. The van der Waals surface area contributed by atoms with Gasteiger partial charge in [0, 0.05) is 17.2 Å². The minimum Gasteiger partial charge on any atom is -0.507 e. The Balaban J connectivity index is 2.42. The molecule has 0 aliphatic carbocycles. The van der Waals surface area contributed by atoms with E-state index in [9.17, 15) is 19.8 Å². The van der Waals surface area contributed by atoms with Crippen molar-refractivity contribution in [3.8, 4) is 28.7 Å². The van der Waals surface area contributed by atoms with Crippen LogP contribution < -0.4 is 14.2 Å². The monoisotopic (exact) mass is 440 g/mol. The first kappa shape index (κ1) is 22.9. The lowest BCUT2D eigenvalue weighted by Gasteiger charge is -2.19. The topological polar surface area (TPSA) is 123 Å². The predicted molar refractivity (Wildman–Crippen MR) is 117 cm³/mol. The zero-order valence-corrected chi connectivity index (χ0v) is 18.4. The van der Waals surface area contributed by atoms with Crippen molar-refractivity contribution in [3.63, 3.8) is 0 Å². The lowest BCUT2D eigenvalue weighted by Crippen LogP contribution is -2.12. The maximum Gasteiger partial charge on any atom is 0.348 e. The molecule has 0 amide bonds. The lowest BCUT2D eigenvalue weighted by atomic mass is 9.95. The Morgan fingerprint density at radius 2 is 1.78 bits per heavy atom. The smallest absolute Gasteiger partial charge is 0.348 e. The molecule has 0 atom stereocenters. The summed E-state index contributed by atoms with van der Waals surface area (Å²) in [4.78, 5) is 24.5. The number of carbonyl (C=O) groups excluding carboxylic acids is 1. The number of carbonyl (C=O) groups is 2. The van der Waals surface area contributed by atoms with Crippen LogP contribution in [0.25, 0.3) is 11.1 Å². The fraction of sp³-hybridized carbons (Fsp3) is 0.250. The average Bonchev–Trinajstić information content (AvgIpc) is 2.89. The highest BCUT2D eigenvalue weighted by Crippen LogP contribution is 2.50. The molecule has 1 aliphatic heterocycles. The molecule has 3 rings (SSSR count). The standard InChI is InChI=1S/C24H24O8/c1-6-11(2)15-9-18(30-5)13(4)21-23(15)31-22-16(10-25)17(26)8-14(12(3)7-19(27)28)20(22)24(29)32-21/h6-9,25-26H,10H2,1-5H3,(H,27,28)/b11-6+,12-7+. The molecular weight excluding hydrogens is 416 g/mol. The maximum atomic E-state index is 13.3. The van der Waals surface area contributed by atoms with Gasteiger partial charge in [0.25, 0.3) is 0 Å². The molecule has 0 fully saturated rings. The Hall–Kier alpha value is -3.78. The molecule has 0 spiro atoms. The number of esters is 1. The van der Waals surface area contributed by atoms with Crippen molar-refractivity contribution >= 4 is 23.1 Å². The van der Waals surface area contributed by atoms with Crippen LogP contribution in [0.1, 0.15) is 53.4 Å². The molecule has 8 nitrogen and oxygen atoms in total. The van der Waals surface area contributed by atoms with Gasteiger partial charge < -0.3 is 29.5 Å². The summed E-state index contributed by atoms with van der Waals surface area (Å²) in [6, 6.07) is 2.96. The Bertz CT molecular complexity index is 1190. The second kappa shape index (κ2) is 8.76. The van der Waals surface area contributed by atoms with E-state index in [2.05, 4.69) is 0 Å². The molecule has 2 aromatic rings. The van der Waals surface area contributed by atoms with E-state index in [1.54, 1.807) is 13.0 Å². The van der Waals surface area contributed by atoms with Gasteiger partial charge in [0.15, 0.2) is 17.2 Å². The van der Waals surface area contributed by atoms with Crippen molar-refractivity contribution in [1.82, 2.24) is 0 Å². The molecule has 0 unspecified atom stereocenters. The minimum absolute atomic E-state index is 0.0192. The SMILES string of the molecule is C/C=C(\C)c1cc(OC)c(C)c2c1Oc1c(CO)c(O)cc(/C(C)=C/C(=O)O)c1C(=O)O2. The van der Waals surface area contributed by atoms with Gasteiger partial charge in [0.1, 0.15) is 17.1 Å². The van der Waals surface area contributed by atoms with Gasteiger partial charge in [-0.3, -0.25) is 0 Å². The van der Waals surface area contributed by atoms with E-state index in [1.807, 2.05) is 19.9 Å². The highest BCUT2D eigenvalue weighted by Gasteiger charge is 2.34. The first-order chi connectivity index (χ1) is 15.1. The number of rotatable bonds is 5. The van der Waals surface area contributed by atoms with Crippen LogP contribution in [0.3, 0.4) is 0 Å². The molecule has 3 N–H and O–H groups in total. The number of fused-ring (bicyclic) bond motifs is 2. The lowest BCUT2D eigenvalue weighted by molar-refractivity contribution is -0.131. The van der Waals surface area contributed by atoms with Gasteiger partial charge in [-0.2, -0.15) is 0 Å². The van der Waals surface area contributed by atoms with Crippen molar-refractivity contribution in [1.29, 1.82) is 0 Å². The summed E-state index contributed by atoms with van der Waals surface area (Å²) in [5, 5.41) is 29.6. The van der Waals surface area contributed by atoms with Gasteiger partial charge in [-0.05, 0) is 56.5 Å². The number of benzene rings is 2. The molecule has 168 valence electrons. The molecule has 1 aliphatic rings. The van der Waals surface area contributed by atoms with Crippen LogP contribution in [0.5, 0.6) is 28.7 Å². The fourth-order valence-electron chi connectivity index (χ4n) is 3.57. The Labute approximate surface area is 185 Å². The number of carboxylic acids is 1. The van der Waals surface area contributed by atoms with Crippen molar-refractivity contribution in [2.75, 3.05) is 7.11 Å². The second-order valence-corrected chi connectivity index (χ2v) is 7.32. The van der Waals surface area contributed by atoms with Gasteiger partial charge in [0.05, 0.1) is 19.3 Å². The molecule has 2 aromatic carbocycles. The third-order valence-corrected chi connectivity index (χ3v) is 5.40. The number of aliphatic carboxylic acids is 1.